The van der Waals surface area contributed by atoms with Crippen molar-refractivity contribution in [3.8, 4) is 0 Å². The molecule has 0 aliphatic heterocycles. The molecule has 3 unspecified atom stereocenters. The number of hydrogen-bond acceptors (Lipinski definition) is 3. The number of nitro benzene ring substituents is 1. The third kappa shape index (κ3) is 3.56. The minimum absolute atomic E-state index is 0.0767. The van der Waals surface area contributed by atoms with Crippen molar-refractivity contribution >= 4 is 11.6 Å². The lowest BCUT2D eigenvalue weighted by molar-refractivity contribution is -0.387. The van der Waals surface area contributed by atoms with E-state index in [1.807, 2.05) is 0 Å². The highest BCUT2D eigenvalue weighted by Crippen LogP contribution is 2.29. The van der Waals surface area contributed by atoms with Gasteiger partial charge in [-0.15, -0.1) is 0 Å². The van der Waals surface area contributed by atoms with Crippen LogP contribution in [0.25, 0.3) is 0 Å². The number of nitro groups is 1. The summed E-state index contributed by atoms with van der Waals surface area (Å²) in [5.41, 5.74) is -0.553. The summed E-state index contributed by atoms with van der Waals surface area (Å²) in [5.74, 6) is -0.141. The van der Waals surface area contributed by atoms with E-state index in [4.69, 9.17) is 0 Å². The number of carbonyl (C=O) groups is 1. The Morgan fingerprint density at radius 3 is 2.67 bits per heavy atom. The maximum Gasteiger partial charge on any atom is 0.305 e. The molecule has 0 saturated heterocycles. The monoisotopic (exact) mass is 294 g/mol. The van der Waals surface area contributed by atoms with Crippen LogP contribution in [0.1, 0.15) is 43.5 Å². The van der Waals surface area contributed by atoms with E-state index in [1.54, 1.807) is 0 Å². The second kappa shape index (κ2) is 6.20. The first kappa shape index (κ1) is 15.4. The van der Waals surface area contributed by atoms with Crippen molar-refractivity contribution < 1.29 is 14.1 Å². The number of carbonyl (C=O) groups excluding carboxylic acids is 1. The van der Waals surface area contributed by atoms with Crippen molar-refractivity contribution in [2.75, 3.05) is 0 Å². The van der Waals surface area contributed by atoms with Gasteiger partial charge in [-0.1, -0.05) is 13.8 Å². The summed E-state index contributed by atoms with van der Waals surface area (Å²) in [6.45, 7) is 4.36. The van der Waals surface area contributed by atoms with E-state index in [-0.39, 0.29) is 17.5 Å². The lowest BCUT2D eigenvalue weighted by Gasteiger charge is -2.32. The summed E-state index contributed by atoms with van der Waals surface area (Å²) in [6.07, 6.45) is 2.85. The number of nitrogens with one attached hydrogen (secondary N) is 1. The minimum Gasteiger partial charge on any atom is -0.349 e. The Kier molecular flexibility index (Phi) is 4.55. The molecule has 1 N–H and O–H groups in total. The smallest absolute Gasteiger partial charge is 0.305 e. The van der Waals surface area contributed by atoms with Gasteiger partial charge in [-0.3, -0.25) is 14.9 Å². The molecule has 3 atom stereocenters. The normalized spacial score (nSPS) is 25.4. The van der Waals surface area contributed by atoms with E-state index in [1.165, 1.54) is 6.07 Å². The Hall–Kier alpha value is -1.98. The highest BCUT2D eigenvalue weighted by molar-refractivity contribution is 5.95. The molecule has 114 valence electrons. The second-order valence-electron chi connectivity index (χ2n) is 5.86. The maximum atomic E-state index is 13.3. The van der Waals surface area contributed by atoms with E-state index in [2.05, 4.69) is 19.2 Å². The van der Waals surface area contributed by atoms with E-state index < -0.39 is 16.4 Å². The van der Waals surface area contributed by atoms with Gasteiger partial charge < -0.3 is 5.32 Å². The van der Waals surface area contributed by atoms with Gasteiger partial charge in [0.25, 0.3) is 5.91 Å². The fourth-order valence-corrected chi connectivity index (χ4v) is 2.74. The van der Waals surface area contributed by atoms with Gasteiger partial charge in [-0.25, -0.2) is 0 Å². The highest BCUT2D eigenvalue weighted by Gasteiger charge is 2.26. The summed E-state index contributed by atoms with van der Waals surface area (Å²) in [5, 5.41) is 13.6. The molecule has 0 heterocycles. The van der Waals surface area contributed by atoms with Crippen LogP contribution in [0.5, 0.6) is 0 Å². The lowest BCUT2D eigenvalue weighted by atomic mass is 9.79. The molecule has 1 fully saturated rings. The third-order valence-corrected chi connectivity index (χ3v) is 4.34. The predicted octanol–water partition coefficient (Wildman–Crippen LogP) is 3.29. The lowest BCUT2D eigenvalue weighted by Crippen LogP contribution is -2.39. The topological polar surface area (TPSA) is 72.2 Å². The van der Waals surface area contributed by atoms with Crippen molar-refractivity contribution in [3.05, 3.63) is 39.7 Å². The average molecular weight is 294 g/mol. The van der Waals surface area contributed by atoms with Crippen LogP contribution in [-0.2, 0) is 0 Å². The Balaban J connectivity index is 2.07. The molecular formula is C15H19FN2O3. The molecule has 6 heteroatoms. The molecule has 1 amide bonds. The second-order valence-corrected chi connectivity index (χ2v) is 5.86. The summed E-state index contributed by atoms with van der Waals surface area (Å²) in [7, 11) is 0. The van der Waals surface area contributed by atoms with Crippen LogP contribution >= 0.6 is 0 Å². The Morgan fingerprint density at radius 1 is 1.33 bits per heavy atom. The summed E-state index contributed by atoms with van der Waals surface area (Å²) < 4.78 is 13.3. The van der Waals surface area contributed by atoms with Gasteiger partial charge in [-0.05, 0) is 43.2 Å². The number of halogens is 1. The molecule has 1 saturated carbocycles. The minimum atomic E-state index is -0.934. The number of hydrogen-bond donors (Lipinski definition) is 1. The first-order valence-electron chi connectivity index (χ1n) is 7.13. The van der Waals surface area contributed by atoms with Crippen molar-refractivity contribution in [3.63, 3.8) is 0 Å². The molecule has 2 rings (SSSR count). The third-order valence-electron chi connectivity index (χ3n) is 4.34. The van der Waals surface area contributed by atoms with Crippen LogP contribution in [0.3, 0.4) is 0 Å². The van der Waals surface area contributed by atoms with Crippen molar-refractivity contribution in [1.29, 1.82) is 0 Å². The first-order valence-corrected chi connectivity index (χ1v) is 7.13. The zero-order chi connectivity index (χ0) is 15.6. The van der Waals surface area contributed by atoms with E-state index in [9.17, 15) is 19.3 Å². The first-order chi connectivity index (χ1) is 9.88. The zero-order valence-corrected chi connectivity index (χ0v) is 12.1. The van der Waals surface area contributed by atoms with Crippen LogP contribution in [0.15, 0.2) is 18.2 Å². The quantitative estimate of drug-likeness (QED) is 0.686. The number of nitrogens with zero attached hydrogens (tertiary/aromatic N) is 1. The van der Waals surface area contributed by atoms with Crippen LogP contribution < -0.4 is 5.32 Å². The standard InChI is InChI=1S/C15H19FN2O3/c1-9-3-5-12(7-10(9)2)17-15(19)11-4-6-13(16)14(8-11)18(20)21/h4,6,8-10,12H,3,5,7H2,1-2H3,(H,17,19). The highest BCUT2D eigenvalue weighted by atomic mass is 19.1. The van der Waals surface area contributed by atoms with E-state index >= 15 is 0 Å². The predicted molar refractivity (Wildman–Crippen MR) is 76.5 cm³/mol. The molecule has 21 heavy (non-hydrogen) atoms. The molecule has 1 aromatic carbocycles. The molecule has 0 spiro atoms. The number of benzene rings is 1. The van der Waals surface area contributed by atoms with Gasteiger partial charge >= 0.3 is 5.69 Å². The summed E-state index contributed by atoms with van der Waals surface area (Å²) >= 11 is 0. The van der Waals surface area contributed by atoms with Gasteiger partial charge in [0.05, 0.1) is 4.92 Å². The van der Waals surface area contributed by atoms with Crippen molar-refractivity contribution in [2.45, 2.75) is 39.2 Å². The summed E-state index contributed by atoms with van der Waals surface area (Å²) in [4.78, 5) is 22.0. The average Bonchev–Trinajstić information content (AvgIpc) is 2.43. The number of amides is 1. The molecule has 0 aromatic heterocycles. The molecule has 1 aliphatic carbocycles. The molecule has 5 nitrogen and oxygen atoms in total. The van der Waals surface area contributed by atoms with Gasteiger partial charge in [0.1, 0.15) is 0 Å². The number of rotatable bonds is 3. The van der Waals surface area contributed by atoms with Gasteiger partial charge in [0.15, 0.2) is 0 Å². The Labute approximate surface area is 122 Å². The molecular weight excluding hydrogens is 275 g/mol. The van der Waals surface area contributed by atoms with Crippen molar-refractivity contribution in [2.24, 2.45) is 11.8 Å². The molecule has 1 aliphatic rings. The fourth-order valence-electron chi connectivity index (χ4n) is 2.74. The van der Waals surface area contributed by atoms with Crippen LogP contribution in [-0.4, -0.2) is 16.9 Å². The van der Waals surface area contributed by atoms with Crippen LogP contribution in [0, 0.1) is 27.8 Å². The largest absolute Gasteiger partial charge is 0.349 e. The Bertz CT molecular complexity index is 562. The summed E-state index contributed by atoms with van der Waals surface area (Å²) in [6, 6.07) is 3.29. The van der Waals surface area contributed by atoms with E-state index in [0.717, 1.165) is 31.4 Å². The van der Waals surface area contributed by atoms with Gasteiger partial charge in [-0.2, -0.15) is 4.39 Å². The maximum absolute atomic E-state index is 13.3. The van der Waals surface area contributed by atoms with Crippen LogP contribution in [0.4, 0.5) is 10.1 Å². The fraction of sp³-hybridized carbons (Fsp3) is 0.533. The SMILES string of the molecule is CC1CCC(NC(=O)c2ccc(F)c([N+](=O)[O-])c2)CC1C. The molecule has 1 aromatic rings. The van der Waals surface area contributed by atoms with Gasteiger partial charge in [0, 0.05) is 17.7 Å². The molecule has 0 bridgehead atoms. The van der Waals surface area contributed by atoms with Crippen molar-refractivity contribution in [1.82, 2.24) is 5.32 Å². The van der Waals surface area contributed by atoms with Crippen LogP contribution in [0.2, 0.25) is 0 Å². The van der Waals surface area contributed by atoms with E-state index in [0.29, 0.717) is 11.8 Å². The van der Waals surface area contributed by atoms with Gasteiger partial charge in [0.2, 0.25) is 5.82 Å². The molecule has 0 radical (unpaired) electrons. The zero-order valence-electron chi connectivity index (χ0n) is 12.1. The Morgan fingerprint density at radius 2 is 2.05 bits per heavy atom.